The van der Waals surface area contributed by atoms with Crippen molar-refractivity contribution in [2.45, 2.75) is 5.33 Å². The molecule has 0 unspecified atom stereocenters. The number of hydrogen-bond acceptors (Lipinski definition) is 2. The molecule has 2 nitrogen and oxygen atoms in total. The average molecular weight is 361 g/mol. The van der Waals surface area contributed by atoms with Crippen molar-refractivity contribution in [3.8, 4) is 11.5 Å². The van der Waals surface area contributed by atoms with Crippen LogP contribution in [-0.4, -0.2) is 4.98 Å². The molecule has 0 bridgehead atoms. The van der Waals surface area contributed by atoms with Gasteiger partial charge in [0.1, 0.15) is 17.3 Å². The fraction of sp³-hybridized carbons (Fsp3) is 0.0833. The zero-order chi connectivity index (χ0) is 12.3. The normalized spacial score (nSPS) is 10.3. The fourth-order valence-electron chi connectivity index (χ4n) is 1.33. The van der Waals surface area contributed by atoms with Crippen LogP contribution in [0.2, 0.25) is 0 Å². The van der Waals surface area contributed by atoms with Gasteiger partial charge in [-0.3, -0.25) is 4.98 Å². The molecule has 2 rings (SSSR count). The van der Waals surface area contributed by atoms with Crippen LogP contribution in [0.25, 0.3) is 0 Å². The van der Waals surface area contributed by atoms with Crippen LogP contribution in [0.4, 0.5) is 4.39 Å². The van der Waals surface area contributed by atoms with Crippen LogP contribution >= 0.6 is 31.9 Å². The lowest BCUT2D eigenvalue weighted by atomic mass is 10.2. The number of nitrogens with zero attached hydrogens (tertiary/aromatic N) is 1. The van der Waals surface area contributed by atoms with Crippen LogP contribution in [-0.2, 0) is 5.33 Å². The van der Waals surface area contributed by atoms with E-state index in [9.17, 15) is 4.39 Å². The SMILES string of the molecule is Fc1ccc(Oc2cncc(Br)c2)c(CBr)c1. The van der Waals surface area contributed by atoms with E-state index in [1.54, 1.807) is 24.5 Å². The number of hydrogen-bond donors (Lipinski definition) is 0. The van der Waals surface area contributed by atoms with E-state index < -0.39 is 0 Å². The lowest BCUT2D eigenvalue weighted by Crippen LogP contribution is -1.91. The standard InChI is InChI=1S/C12H8Br2FNO/c13-5-8-3-10(15)1-2-12(8)17-11-4-9(14)6-16-7-11/h1-4,6-7H,5H2. The first kappa shape index (κ1) is 12.5. The minimum absolute atomic E-state index is 0.279. The minimum Gasteiger partial charge on any atom is -0.455 e. The summed E-state index contributed by atoms with van der Waals surface area (Å²) in [6.07, 6.45) is 3.27. The molecule has 1 aromatic carbocycles. The van der Waals surface area contributed by atoms with Gasteiger partial charge in [-0.25, -0.2) is 4.39 Å². The van der Waals surface area contributed by atoms with Gasteiger partial charge < -0.3 is 4.74 Å². The molecule has 0 atom stereocenters. The lowest BCUT2D eigenvalue weighted by Gasteiger charge is -2.09. The number of rotatable bonds is 3. The van der Waals surface area contributed by atoms with Gasteiger partial charge >= 0.3 is 0 Å². The summed E-state index contributed by atoms with van der Waals surface area (Å²) in [6.45, 7) is 0. The quantitative estimate of drug-likeness (QED) is 0.742. The highest BCUT2D eigenvalue weighted by atomic mass is 79.9. The van der Waals surface area contributed by atoms with Crippen LogP contribution in [0, 0.1) is 5.82 Å². The second kappa shape index (κ2) is 5.60. The van der Waals surface area contributed by atoms with Crippen molar-refractivity contribution in [3.63, 3.8) is 0 Å². The van der Waals surface area contributed by atoms with Gasteiger partial charge in [-0.2, -0.15) is 0 Å². The maximum absolute atomic E-state index is 13.0. The van der Waals surface area contributed by atoms with Crippen molar-refractivity contribution < 1.29 is 9.13 Å². The Balaban J connectivity index is 2.29. The highest BCUT2D eigenvalue weighted by molar-refractivity contribution is 9.10. The van der Waals surface area contributed by atoms with Gasteiger partial charge in [-0.15, -0.1) is 0 Å². The largest absolute Gasteiger partial charge is 0.455 e. The minimum atomic E-state index is -0.279. The summed E-state index contributed by atoms with van der Waals surface area (Å²) in [7, 11) is 0. The number of ether oxygens (including phenoxy) is 1. The van der Waals surface area contributed by atoms with Crippen molar-refractivity contribution in [1.82, 2.24) is 4.98 Å². The maximum Gasteiger partial charge on any atom is 0.146 e. The van der Waals surface area contributed by atoms with Gasteiger partial charge in [0.05, 0.1) is 6.20 Å². The first-order chi connectivity index (χ1) is 8.19. The summed E-state index contributed by atoms with van der Waals surface area (Å²) in [6, 6.07) is 6.21. The first-order valence-corrected chi connectivity index (χ1v) is 6.73. The molecule has 0 spiro atoms. The Kier molecular flexibility index (Phi) is 4.12. The van der Waals surface area contributed by atoms with Gasteiger partial charge in [0, 0.05) is 21.6 Å². The number of aromatic nitrogens is 1. The summed E-state index contributed by atoms with van der Waals surface area (Å²) in [5, 5.41) is 0.529. The van der Waals surface area contributed by atoms with Gasteiger partial charge in [0.15, 0.2) is 0 Å². The molecule has 1 aromatic heterocycles. The molecular weight excluding hydrogens is 353 g/mol. The van der Waals surface area contributed by atoms with Crippen molar-refractivity contribution in [2.75, 3.05) is 0 Å². The van der Waals surface area contributed by atoms with Crippen LogP contribution in [0.15, 0.2) is 41.1 Å². The predicted octanol–water partition coefficient (Wildman–Crippen LogP) is 4.67. The van der Waals surface area contributed by atoms with Gasteiger partial charge in [-0.1, -0.05) is 15.9 Å². The first-order valence-electron chi connectivity index (χ1n) is 4.82. The van der Waals surface area contributed by atoms with E-state index in [2.05, 4.69) is 36.8 Å². The summed E-state index contributed by atoms with van der Waals surface area (Å²) in [5.41, 5.74) is 0.755. The third-order valence-corrected chi connectivity index (χ3v) is 3.11. The molecule has 0 N–H and O–H groups in total. The molecule has 0 amide bonds. The Bertz CT molecular complexity index is 534. The molecule has 0 saturated heterocycles. The molecule has 0 aliphatic rings. The zero-order valence-corrected chi connectivity index (χ0v) is 11.8. The summed E-state index contributed by atoms with van der Waals surface area (Å²) in [5.74, 6) is 0.940. The highest BCUT2D eigenvalue weighted by Gasteiger charge is 2.06. The summed E-state index contributed by atoms with van der Waals surface area (Å²) < 4.78 is 19.5. The zero-order valence-electron chi connectivity index (χ0n) is 8.66. The van der Waals surface area contributed by atoms with E-state index in [-0.39, 0.29) is 5.82 Å². The Morgan fingerprint density at radius 1 is 1.24 bits per heavy atom. The highest BCUT2D eigenvalue weighted by Crippen LogP contribution is 2.28. The molecule has 5 heteroatoms. The van der Waals surface area contributed by atoms with E-state index in [1.807, 2.05) is 0 Å². The Hall–Kier alpha value is -0.940. The van der Waals surface area contributed by atoms with E-state index in [4.69, 9.17) is 4.74 Å². The molecule has 0 saturated carbocycles. The summed E-state index contributed by atoms with van der Waals surface area (Å²) in [4.78, 5) is 4.00. The van der Waals surface area contributed by atoms with E-state index >= 15 is 0 Å². The predicted molar refractivity (Wildman–Crippen MR) is 71.0 cm³/mol. The second-order valence-corrected chi connectivity index (χ2v) is 4.80. The molecule has 17 heavy (non-hydrogen) atoms. The molecule has 0 fully saturated rings. The molecule has 0 radical (unpaired) electrons. The van der Waals surface area contributed by atoms with Crippen molar-refractivity contribution in [1.29, 1.82) is 0 Å². The number of pyridine rings is 1. The molecule has 0 aliphatic heterocycles. The topological polar surface area (TPSA) is 22.1 Å². The molecule has 2 aromatic rings. The van der Waals surface area contributed by atoms with Crippen molar-refractivity contribution in [3.05, 3.63) is 52.5 Å². The van der Waals surface area contributed by atoms with Crippen LogP contribution in [0.5, 0.6) is 11.5 Å². The number of alkyl halides is 1. The third-order valence-electron chi connectivity index (χ3n) is 2.07. The van der Waals surface area contributed by atoms with Gasteiger partial charge in [0.2, 0.25) is 0 Å². The van der Waals surface area contributed by atoms with Crippen molar-refractivity contribution in [2.24, 2.45) is 0 Å². The second-order valence-electron chi connectivity index (χ2n) is 3.33. The summed E-state index contributed by atoms with van der Waals surface area (Å²) >= 11 is 6.61. The lowest BCUT2D eigenvalue weighted by molar-refractivity contribution is 0.473. The molecule has 0 aliphatic carbocycles. The van der Waals surface area contributed by atoms with E-state index in [0.29, 0.717) is 16.8 Å². The third kappa shape index (κ3) is 3.26. The Labute approximate surface area is 115 Å². The van der Waals surface area contributed by atoms with Gasteiger partial charge in [0.25, 0.3) is 0 Å². The monoisotopic (exact) mass is 359 g/mol. The van der Waals surface area contributed by atoms with Crippen molar-refractivity contribution >= 4 is 31.9 Å². The van der Waals surface area contributed by atoms with Crippen LogP contribution in [0.3, 0.4) is 0 Å². The Morgan fingerprint density at radius 2 is 2.06 bits per heavy atom. The number of halogens is 3. The van der Waals surface area contributed by atoms with E-state index in [1.165, 1.54) is 12.1 Å². The maximum atomic E-state index is 13.0. The van der Waals surface area contributed by atoms with Gasteiger partial charge in [-0.05, 0) is 40.2 Å². The average Bonchev–Trinajstić information content (AvgIpc) is 2.31. The smallest absolute Gasteiger partial charge is 0.146 e. The molecular formula is C12H8Br2FNO. The Morgan fingerprint density at radius 3 is 2.76 bits per heavy atom. The van der Waals surface area contributed by atoms with E-state index in [0.717, 1.165) is 10.0 Å². The fourth-order valence-corrected chi connectivity index (χ4v) is 2.11. The molecule has 1 heterocycles. The number of benzene rings is 1. The molecule has 88 valence electrons. The van der Waals surface area contributed by atoms with Crippen LogP contribution in [0.1, 0.15) is 5.56 Å². The van der Waals surface area contributed by atoms with Crippen LogP contribution < -0.4 is 4.74 Å².